The Balaban J connectivity index is 2.46. The summed E-state index contributed by atoms with van der Waals surface area (Å²) < 4.78 is 15.8. The summed E-state index contributed by atoms with van der Waals surface area (Å²) in [6, 6.07) is 4.86. The second-order valence-electron chi connectivity index (χ2n) is 4.75. The van der Waals surface area contributed by atoms with Crippen LogP contribution in [-0.2, 0) is 13.0 Å². The normalized spacial score (nSPS) is 11.0. The largest absolute Gasteiger partial charge is 0.383 e. The quantitative estimate of drug-likeness (QED) is 0.877. The highest BCUT2D eigenvalue weighted by Gasteiger charge is 2.15. The Labute approximate surface area is 127 Å². The second-order valence-corrected chi connectivity index (χ2v) is 5.60. The van der Waals surface area contributed by atoms with Gasteiger partial charge in [-0.2, -0.15) is 0 Å². The molecule has 5 heteroatoms. The summed E-state index contributed by atoms with van der Waals surface area (Å²) in [4.78, 5) is 4.62. The van der Waals surface area contributed by atoms with Gasteiger partial charge in [0.2, 0.25) is 0 Å². The lowest BCUT2D eigenvalue weighted by Crippen LogP contribution is -2.06. The van der Waals surface area contributed by atoms with Crippen molar-refractivity contribution in [3.63, 3.8) is 0 Å². The van der Waals surface area contributed by atoms with Crippen molar-refractivity contribution in [2.75, 3.05) is 5.73 Å². The number of nitrogens with two attached hydrogens (primary N) is 1. The molecular weight excluding hydrogens is 321 g/mol. The Morgan fingerprint density at radius 3 is 2.70 bits per heavy atom. The number of rotatable bonds is 5. The van der Waals surface area contributed by atoms with Crippen molar-refractivity contribution in [1.82, 2.24) is 9.55 Å². The number of hydrogen-bond donors (Lipinski definition) is 1. The molecule has 1 aromatic carbocycles. The van der Waals surface area contributed by atoms with Crippen LogP contribution in [-0.4, -0.2) is 9.55 Å². The molecule has 20 heavy (non-hydrogen) atoms. The van der Waals surface area contributed by atoms with Crippen LogP contribution < -0.4 is 5.73 Å². The summed E-state index contributed by atoms with van der Waals surface area (Å²) in [7, 11) is 0. The van der Waals surface area contributed by atoms with Gasteiger partial charge in [-0.1, -0.05) is 20.3 Å². The molecule has 0 fully saturated rings. The van der Waals surface area contributed by atoms with Gasteiger partial charge >= 0.3 is 0 Å². The molecule has 0 aliphatic carbocycles. The molecule has 1 aromatic heterocycles. The van der Waals surface area contributed by atoms with E-state index >= 15 is 0 Å². The van der Waals surface area contributed by atoms with Crippen LogP contribution in [0.1, 0.15) is 32.5 Å². The number of aryl methyl sites for hydroxylation is 1. The zero-order valence-electron chi connectivity index (χ0n) is 11.8. The van der Waals surface area contributed by atoms with E-state index in [0.29, 0.717) is 10.3 Å². The third-order valence-corrected chi connectivity index (χ3v) is 3.94. The summed E-state index contributed by atoms with van der Waals surface area (Å²) in [5.41, 5.74) is 7.80. The highest BCUT2D eigenvalue weighted by Crippen LogP contribution is 2.30. The first-order valence-electron chi connectivity index (χ1n) is 6.88. The predicted molar refractivity (Wildman–Crippen MR) is 84.0 cm³/mol. The number of nitrogens with zero attached hydrogens (tertiary/aromatic N) is 2. The lowest BCUT2D eigenvalue weighted by atomic mass is 10.1. The van der Waals surface area contributed by atoms with E-state index in [0.717, 1.165) is 42.9 Å². The minimum atomic E-state index is -0.284. The van der Waals surface area contributed by atoms with Crippen LogP contribution in [0.3, 0.4) is 0 Å². The first-order valence-corrected chi connectivity index (χ1v) is 7.68. The first kappa shape index (κ1) is 15.0. The average molecular weight is 340 g/mol. The van der Waals surface area contributed by atoms with Crippen molar-refractivity contribution in [2.24, 2.45) is 0 Å². The van der Waals surface area contributed by atoms with Crippen molar-refractivity contribution >= 4 is 21.7 Å². The first-order chi connectivity index (χ1) is 9.58. The van der Waals surface area contributed by atoms with E-state index in [1.54, 1.807) is 12.1 Å². The fraction of sp³-hybridized carbons (Fsp3) is 0.400. The highest BCUT2D eigenvalue weighted by molar-refractivity contribution is 9.10. The van der Waals surface area contributed by atoms with Crippen LogP contribution in [0.15, 0.2) is 22.7 Å². The molecule has 2 aromatic rings. The zero-order valence-corrected chi connectivity index (χ0v) is 13.4. The molecule has 0 saturated heterocycles. The van der Waals surface area contributed by atoms with Crippen molar-refractivity contribution in [3.8, 4) is 11.3 Å². The Hall–Kier alpha value is -1.36. The van der Waals surface area contributed by atoms with Gasteiger partial charge in [0.25, 0.3) is 0 Å². The van der Waals surface area contributed by atoms with E-state index in [1.807, 2.05) is 0 Å². The van der Waals surface area contributed by atoms with E-state index in [4.69, 9.17) is 5.73 Å². The summed E-state index contributed by atoms with van der Waals surface area (Å²) >= 11 is 3.20. The van der Waals surface area contributed by atoms with Gasteiger partial charge < -0.3 is 10.3 Å². The number of unbranched alkanes of at least 4 members (excludes halogenated alkanes) is 1. The van der Waals surface area contributed by atoms with Crippen LogP contribution >= 0.6 is 15.9 Å². The Kier molecular flexibility index (Phi) is 4.81. The smallest absolute Gasteiger partial charge is 0.137 e. The molecule has 0 aliphatic rings. The van der Waals surface area contributed by atoms with E-state index < -0.39 is 0 Å². The van der Waals surface area contributed by atoms with Gasteiger partial charge in [0.15, 0.2) is 0 Å². The Morgan fingerprint density at radius 1 is 1.35 bits per heavy atom. The predicted octanol–water partition coefficient (Wildman–Crippen LogP) is 4.40. The van der Waals surface area contributed by atoms with Gasteiger partial charge in [-0.3, -0.25) is 0 Å². The maximum absolute atomic E-state index is 13.3. The van der Waals surface area contributed by atoms with Crippen molar-refractivity contribution in [2.45, 2.75) is 39.7 Å². The molecule has 0 spiro atoms. The minimum Gasteiger partial charge on any atom is -0.383 e. The molecule has 0 amide bonds. The van der Waals surface area contributed by atoms with E-state index in [1.165, 1.54) is 6.07 Å². The number of aromatic nitrogens is 2. The molecule has 2 rings (SSSR count). The number of imidazole rings is 1. The van der Waals surface area contributed by atoms with Crippen LogP contribution in [0.5, 0.6) is 0 Å². The minimum absolute atomic E-state index is 0.284. The summed E-state index contributed by atoms with van der Waals surface area (Å²) in [5.74, 6) is 1.36. The van der Waals surface area contributed by atoms with E-state index in [-0.39, 0.29) is 5.82 Å². The number of benzene rings is 1. The molecule has 3 nitrogen and oxygen atoms in total. The SMILES string of the molecule is CCCCn1c(CC)nc(-c2ccc(F)c(Br)c2)c1N. The van der Waals surface area contributed by atoms with Crippen LogP contribution in [0.4, 0.5) is 10.2 Å². The molecule has 0 saturated carbocycles. The van der Waals surface area contributed by atoms with E-state index in [9.17, 15) is 4.39 Å². The van der Waals surface area contributed by atoms with Crippen molar-refractivity contribution in [1.29, 1.82) is 0 Å². The van der Waals surface area contributed by atoms with Gasteiger partial charge in [0.1, 0.15) is 23.2 Å². The monoisotopic (exact) mass is 339 g/mol. The summed E-state index contributed by atoms with van der Waals surface area (Å²) in [5, 5.41) is 0. The number of nitrogen functional groups attached to an aromatic ring is 1. The van der Waals surface area contributed by atoms with Crippen molar-refractivity contribution in [3.05, 3.63) is 34.3 Å². The molecule has 108 valence electrons. The fourth-order valence-electron chi connectivity index (χ4n) is 2.21. The average Bonchev–Trinajstić information content (AvgIpc) is 2.76. The van der Waals surface area contributed by atoms with Gasteiger partial charge in [-0.05, 0) is 40.5 Å². The molecule has 0 unspecified atom stereocenters. The second kappa shape index (κ2) is 6.39. The fourth-order valence-corrected chi connectivity index (χ4v) is 2.58. The summed E-state index contributed by atoms with van der Waals surface area (Å²) in [6.07, 6.45) is 3.01. The third kappa shape index (κ3) is 2.87. The van der Waals surface area contributed by atoms with Crippen molar-refractivity contribution < 1.29 is 4.39 Å². The van der Waals surface area contributed by atoms with Gasteiger partial charge in [0, 0.05) is 18.5 Å². The van der Waals surface area contributed by atoms with Gasteiger partial charge in [0.05, 0.1) is 4.47 Å². The molecule has 0 atom stereocenters. The molecule has 0 radical (unpaired) electrons. The molecular formula is C15H19BrFN3. The molecule has 2 N–H and O–H groups in total. The van der Waals surface area contributed by atoms with Gasteiger partial charge in [-0.15, -0.1) is 0 Å². The highest BCUT2D eigenvalue weighted by atomic mass is 79.9. The number of anilines is 1. The standard InChI is InChI=1S/C15H19BrFN3/c1-3-5-8-20-13(4-2)19-14(15(20)18)10-6-7-12(17)11(16)9-10/h6-7,9H,3-5,8,18H2,1-2H3. The Bertz CT molecular complexity index is 607. The van der Waals surface area contributed by atoms with E-state index in [2.05, 4.69) is 39.3 Å². The van der Waals surface area contributed by atoms with Gasteiger partial charge in [-0.25, -0.2) is 9.37 Å². The Morgan fingerprint density at radius 2 is 2.10 bits per heavy atom. The van der Waals surface area contributed by atoms with Crippen LogP contribution in [0.2, 0.25) is 0 Å². The lowest BCUT2D eigenvalue weighted by Gasteiger charge is -2.08. The zero-order chi connectivity index (χ0) is 14.7. The molecule has 1 heterocycles. The topological polar surface area (TPSA) is 43.8 Å². The van der Waals surface area contributed by atoms with Crippen LogP contribution in [0, 0.1) is 5.82 Å². The number of hydrogen-bond acceptors (Lipinski definition) is 2. The summed E-state index contributed by atoms with van der Waals surface area (Å²) in [6.45, 7) is 5.09. The maximum atomic E-state index is 13.3. The molecule has 0 bridgehead atoms. The maximum Gasteiger partial charge on any atom is 0.137 e. The number of halogens is 2. The third-order valence-electron chi connectivity index (χ3n) is 3.33. The van der Waals surface area contributed by atoms with Crippen LogP contribution in [0.25, 0.3) is 11.3 Å². The lowest BCUT2D eigenvalue weighted by molar-refractivity contribution is 0.612. The molecule has 0 aliphatic heterocycles.